The molecular weight excluding hydrogens is 360 g/mol. The van der Waals surface area contributed by atoms with Crippen molar-refractivity contribution in [2.75, 3.05) is 31.1 Å². The highest BCUT2D eigenvalue weighted by atomic mass is 32.2. The molecule has 1 aliphatic rings. The first kappa shape index (κ1) is 19.7. The molecule has 27 heavy (non-hydrogen) atoms. The largest absolute Gasteiger partial charge is 0.508 e. The van der Waals surface area contributed by atoms with Crippen molar-refractivity contribution in [1.29, 1.82) is 0 Å². The van der Waals surface area contributed by atoms with Gasteiger partial charge in [0, 0.05) is 31.9 Å². The molecular formula is C21H28N2O3S. The molecule has 0 aliphatic carbocycles. The van der Waals surface area contributed by atoms with Crippen molar-refractivity contribution in [1.82, 2.24) is 4.31 Å². The molecule has 0 bridgehead atoms. The molecule has 0 radical (unpaired) electrons. The lowest BCUT2D eigenvalue weighted by molar-refractivity contribution is 0.384. The number of hydrogen-bond acceptors (Lipinski definition) is 4. The SMILES string of the molecule is Cc1ccc(C(C)(C)C)cc1S(=O)(=O)N1CCN(c2ccc(O)cc2)CC1. The molecule has 0 amide bonds. The van der Waals surface area contributed by atoms with Crippen molar-refractivity contribution >= 4 is 15.7 Å². The second kappa shape index (κ2) is 7.17. The maximum atomic E-state index is 13.2. The molecule has 0 aromatic heterocycles. The van der Waals surface area contributed by atoms with E-state index in [0.717, 1.165) is 16.8 Å². The molecule has 1 fully saturated rings. The van der Waals surface area contributed by atoms with Gasteiger partial charge >= 0.3 is 0 Å². The third-order valence-electron chi connectivity index (χ3n) is 5.13. The van der Waals surface area contributed by atoms with Gasteiger partial charge in [-0.1, -0.05) is 32.9 Å². The molecule has 0 spiro atoms. The van der Waals surface area contributed by atoms with Gasteiger partial charge in [-0.3, -0.25) is 0 Å². The molecule has 3 rings (SSSR count). The van der Waals surface area contributed by atoms with E-state index in [9.17, 15) is 13.5 Å². The predicted octanol–water partition coefficient (Wildman–Crippen LogP) is 3.51. The number of phenolic OH excluding ortho intramolecular Hbond substituents is 1. The third-order valence-corrected chi connectivity index (χ3v) is 7.17. The van der Waals surface area contributed by atoms with Crippen LogP contribution in [0, 0.1) is 6.92 Å². The molecule has 146 valence electrons. The molecule has 0 unspecified atom stereocenters. The molecule has 2 aromatic carbocycles. The topological polar surface area (TPSA) is 60.9 Å². The summed E-state index contributed by atoms with van der Waals surface area (Å²) in [5.41, 5.74) is 2.70. The van der Waals surface area contributed by atoms with Crippen molar-refractivity contribution in [2.24, 2.45) is 0 Å². The molecule has 2 aromatic rings. The van der Waals surface area contributed by atoms with Crippen molar-refractivity contribution < 1.29 is 13.5 Å². The zero-order valence-electron chi connectivity index (χ0n) is 16.4. The van der Waals surface area contributed by atoms with E-state index < -0.39 is 10.0 Å². The van der Waals surface area contributed by atoms with Gasteiger partial charge in [-0.15, -0.1) is 0 Å². The van der Waals surface area contributed by atoms with Crippen LogP contribution < -0.4 is 4.90 Å². The van der Waals surface area contributed by atoms with E-state index in [0.29, 0.717) is 31.1 Å². The highest BCUT2D eigenvalue weighted by Crippen LogP contribution is 2.29. The van der Waals surface area contributed by atoms with Gasteiger partial charge in [0.1, 0.15) is 5.75 Å². The third kappa shape index (κ3) is 4.12. The van der Waals surface area contributed by atoms with Gasteiger partial charge < -0.3 is 10.0 Å². The van der Waals surface area contributed by atoms with Crippen LogP contribution in [0.4, 0.5) is 5.69 Å². The smallest absolute Gasteiger partial charge is 0.243 e. The second-order valence-corrected chi connectivity index (χ2v) is 10.0. The molecule has 1 heterocycles. The van der Waals surface area contributed by atoms with Crippen LogP contribution in [0.25, 0.3) is 0 Å². The second-order valence-electron chi connectivity index (χ2n) is 8.14. The van der Waals surface area contributed by atoms with Gasteiger partial charge in [0.15, 0.2) is 0 Å². The Kier molecular flexibility index (Phi) is 5.23. The Bertz CT molecular complexity index is 907. The zero-order chi connectivity index (χ0) is 19.8. The fourth-order valence-electron chi connectivity index (χ4n) is 3.33. The molecule has 1 saturated heterocycles. The summed E-state index contributed by atoms with van der Waals surface area (Å²) in [6.45, 7) is 10.3. The lowest BCUT2D eigenvalue weighted by atomic mass is 9.87. The van der Waals surface area contributed by atoms with Gasteiger partial charge in [-0.25, -0.2) is 8.42 Å². The summed E-state index contributed by atoms with van der Waals surface area (Å²) < 4.78 is 28.1. The normalized spacial score (nSPS) is 16.5. The van der Waals surface area contributed by atoms with Crippen LogP contribution in [0.5, 0.6) is 5.75 Å². The summed E-state index contributed by atoms with van der Waals surface area (Å²) in [6.07, 6.45) is 0. The number of phenols is 1. The lowest BCUT2D eigenvalue weighted by Crippen LogP contribution is -2.48. The van der Waals surface area contributed by atoms with E-state index >= 15 is 0 Å². The molecule has 0 atom stereocenters. The number of aromatic hydroxyl groups is 1. The summed E-state index contributed by atoms with van der Waals surface area (Å²) in [4.78, 5) is 2.55. The van der Waals surface area contributed by atoms with Crippen LogP contribution in [-0.2, 0) is 15.4 Å². The Balaban J connectivity index is 1.80. The predicted molar refractivity (Wildman–Crippen MR) is 109 cm³/mol. The summed E-state index contributed by atoms with van der Waals surface area (Å²) in [6, 6.07) is 12.8. The van der Waals surface area contributed by atoms with Gasteiger partial charge in [0.05, 0.1) is 4.90 Å². The van der Waals surface area contributed by atoms with E-state index in [4.69, 9.17) is 0 Å². The lowest BCUT2D eigenvalue weighted by Gasteiger charge is -2.35. The highest BCUT2D eigenvalue weighted by Gasteiger charge is 2.30. The monoisotopic (exact) mass is 388 g/mol. The van der Waals surface area contributed by atoms with Crippen LogP contribution >= 0.6 is 0 Å². The van der Waals surface area contributed by atoms with Crippen LogP contribution in [-0.4, -0.2) is 44.0 Å². The van der Waals surface area contributed by atoms with Crippen LogP contribution in [0.2, 0.25) is 0 Å². The summed E-state index contributed by atoms with van der Waals surface area (Å²) >= 11 is 0. The number of nitrogens with zero attached hydrogens (tertiary/aromatic N) is 2. The van der Waals surface area contributed by atoms with Gasteiger partial charge in [-0.2, -0.15) is 4.31 Å². The van der Waals surface area contributed by atoms with E-state index in [1.54, 1.807) is 16.4 Å². The van der Waals surface area contributed by atoms with Gasteiger partial charge in [-0.05, 0) is 53.8 Å². The van der Waals surface area contributed by atoms with Crippen molar-refractivity contribution in [3.8, 4) is 5.75 Å². The Morgan fingerprint density at radius 1 is 0.926 bits per heavy atom. The molecule has 1 aliphatic heterocycles. The van der Waals surface area contributed by atoms with Crippen molar-refractivity contribution in [3.63, 3.8) is 0 Å². The minimum Gasteiger partial charge on any atom is -0.508 e. The Labute approximate surface area is 162 Å². The van der Waals surface area contributed by atoms with E-state index in [2.05, 4.69) is 25.7 Å². The standard InChI is InChI=1S/C21H28N2O3S/c1-16-5-6-17(21(2,3)4)15-20(16)27(25,26)23-13-11-22(12-14-23)18-7-9-19(24)10-8-18/h5-10,15,24H,11-14H2,1-4H3. The number of sulfonamides is 1. The van der Waals surface area contributed by atoms with E-state index in [1.807, 2.05) is 37.3 Å². The maximum absolute atomic E-state index is 13.2. The summed E-state index contributed by atoms with van der Waals surface area (Å²) in [5.74, 6) is 0.231. The fourth-order valence-corrected chi connectivity index (χ4v) is 5.01. The summed E-state index contributed by atoms with van der Waals surface area (Å²) in [5, 5.41) is 9.43. The minimum absolute atomic E-state index is 0.102. The fraction of sp³-hybridized carbons (Fsp3) is 0.429. The van der Waals surface area contributed by atoms with Crippen LogP contribution in [0.1, 0.15) is 31.9 Å². The first-order valence-corrected chi connectivity index (χ1v) is 10.7. The number of rotatable bonds is 3. The van der Waals surface area contributed by atoms with Gasteiger partial charge in [0.25, 0.3) is 0 Å². The number of piperazine rings is 1. The van der Waals surface area contributed by atoms with E-state index in [-0.39, 0.29) is 11.2 Å². The molecule has 0 saturated carbocycles. The highest BCUT2D eigenvalue weighted by molar-refractivity contribution is 7.89. The average Bonchev–Trinajstić information content (AvgIpc) is 2.61. The molecule has 6 heteroatoms. The minimum atomic E-state index is -3.52. The van der Waals surface area contributed by atoms with Crippen LogP contribution in [0.3, 0.4) is 0 Å². The Morgan fingerprint density at radius 2 is 1.52 bits per heavy atom. The quantitative estimate of drug-likeness (QED) is 0.874. The average molecular weight is 389 g/mol. The number of benzene rings is 2. The first-order valence-electron chi connectivity index (χ1n) is 9.24. The van der Waals surface area contributed by atoms with Crippen LogP contribution in [0.15, 0.2) is 47.4 Å². The number of hydrogen-bond donors (Lipinski definition) is 1. The van der Waals surface area contributed by atoms with Gasteiger partial charge in [0.2, 0.25) is 10.0 Å². The number of anilines is 1. The molecule has 1 N–H and O–H groups in total. The summed E-state index contributed by atoms with van der Waals surface area (Å²) in [7, 11) is -3.52. The van der Waals surface area contributed by atoms with Crippen molar-refractivity contribution in [3.05, 3.63) is 53.6 Å². The first-order chi connectivity index (χ1) is 12.6. The molecule has 5 nitrogen and oxygen atoms in total. The van der Waals surface area contributed by atoms with Crippen molar-refractivity contribution in [2.45, 2.75) is 38.0 Å². The van der Waals surface area contributed by atoms with E-state index in [1.165, 1.54) is 0 Å². The Hall–Kier alpha value is -2.05. The maximum Gasteiger partial charge on any atom is 0.243 e. The Morgan fingerprint density at radius 3 is 2.07 bits per heavy atom. The number of aryl methyl sites for hydroxylation is 1. The zero-order valence-corrected chi connectivity index (χ0v) is 17.3.